The molecule has 3 heterocycles. The summed E-state index contributed by atoms with van der Waals surface area (Å²) in [6.45, 7) is 4.53. The van der Waals surface area contributed by atoms with Gasteiger partial charge in [-0.3, -0.25) is 0 Å². The van der Waals surface area contributed by atoms with E-state index < -0.39 is 0 Å². The van der Waals surface area contributed by atoms with E-state index in [0.29, 0.717) is 10.9 Å². The third kappa shape index (κ3) is 5.13. The fourth-order valence-electron chi connectivity index (χ4n) is 4.07. The molecule has 0 saturated carbocycles. The third-order valence-electron chi connectivity index (χ3n) is 5.58. The van der Waals surface area contributed by atoms with Crippen molar-refractivity contribution in [2.75, 3.05) is 43.5 Å². The number of nitrogens with zero attached hydrogens (tertiary/aromatic N) is 4. The van der Waals surface area contributed by atoms with Gasteiger partial charge in [0.1, 0.15) is 5.82 Å². The summed E-state index contributed by atoms with van der Waals surface area (Å²) in [5, 5.41) is 8.86. The minimum Gasteiger partial charge on any atom is -0.370 e. The number of halogens is 2. The predicted octanol–water partition coefficient (Wildman–Crippen LogP) is 5.69. The Morgan fingerprint density at radius 2 is 2.20 bits per heavy atom. The molecule has 1 saturated heterocycles. The summed E-state index contributed by atoms with van der Waals surface area (Å²) in [7, 11) is 0. The number of aromatic nitrogens is 3. The molecule has 0 bridgehead atoms. The van der Waals surface area contributed by atoms with E-state index in [2.05, 4.69) is 37.5 Å². The van der Waals surface area contributed by atoms with Gasteiger partial charge < -0.3 is 10.2 Å². The molecule has 0 amide bonds. The lowest BCUT2D eigenvalue weighted by molar-refractivity contribution is 0.181. The molecule has 1 aromatic carbocycles. The Morgan fingerprint density at radius 3 is 3.03 bits per heavy atom. The van der Waals surface area contributed by atoms with E-state index in [1.807, 2.05) is 46.6 Å². The van der Waals surface area contributed by atoms with Crippen molar-refractivity contribution in [3.05, 3.63) is 46.0 Å². The van der Waals surface area contributed by atoms with Crippen LogP contribution in [-0.4, -0.2) is 57.7 Å². The molecule has 1 aliphatic heterocycles. The van der Waals surface area contributed by atoms with Crippen LogP contribution in [0, 0.1) is 5.92 Å². The topological polar surface area (TPSA) is 45.5 Å². The van der Waals surface area contributed by atoms with Crippen LogP contribution in [0.4, 0.5) is 5.82 Å². The van der Waals surface area contributed by atoms with Crippen LogP contribution in [0.5, 0.6) is 0 Å². The van der Waals surface area contributed by atoms with Gasteiger partial charge in [-0.2, -0.15) is 21.4 Å². The van der Waals surface area contributed by atoms with E-state index in [4.69, 9.17) is 16.6 Å². The Hall–Kier alpha value is -1.28. The standard InChI is InChI=1S/C22H27BrClN5S/c1-30-11-5-10-28-9-4-6-16(15-28)13-25-21-12-20(17-7-2-3-8-19(17)24)27-22-18(23)14-26-29(21)22/h2-3,7-8,12,14,16,25H,4-6,9-11,13,15H2,1H3. The highest BCUT2D eigenvalue weighted by atomic mass is 79.9. The molecule has 2 aromatic heterocycles. The summed E-state index contributed by atoms with van der Waals surface area (Å²) in [4.78, 5) is 7.41. The number of fused-ring (bicyclic) bond motifs is 1. The maximum Gasteiger partial charge on any atom is 0.172 e. The van der Waals surface area contributed by atoms with Gasteiger partial charge in [-0.15, -0.1) is 0 Å². The van der Waals surface area contributed by atoms with Crippen LogP contribution >= 0.6 is 39.3 Å². The van der Waals surface area contributed by atoms with Crippen LogP contribution in [0.25, 0.3) is 16.9 Å². The van der Waals surface area contributed by atoms with Gasteiger partial charge in [-0.25, -0.2) is 4.98 Å². The molecule has 1 unspecified atom stereocenters. The van der Waals surface area contributed by atoms with Gasteiger partial charge >= 0.3 is 0 Å². The molecule has 0 radical (unpaired) electrons. The van der Waals surface area contributed by atoms with Crippen molar-refractivity contribution in [1.82, 2.24) is 19.5 Å². The first-order chi connectivity index (χ1) is 14.7. The van der Waals surface area contributed by atoms with Gasteiger partial charge in [0, 0.05) is 29.7 Å². The van der Waals surface area contributed by atoms with E-state index in [1.165, 1.54) is 38.1 Å². The molecular formula is C22H27BrClN5S. The van der Waals surface area contributed by atoms with Crippen molar-refractivity contribution in [1.29, 1.82) is 0 Å². The fourth-order valence-corrected chi connectivity index (χ4v) is 5.07. The van der Waals surface area contributed by atoms with Crippen molar-refractivity contribution in [3.63, 3.8) is 0 Å². The number of rotatable bonds is 8. The summed E-state index contributed by atoms with van der Waals surface area (Å²) in [6.07, 6.45) is 7.78. The summed E-state index contributed by atoms with van der Waals surface area (Å²) >= 11 is 12.0. The van der Waals surface area contributed by atoms with Gasteiger partial charge in [0.25, 0.3) is 0 Å². The zero-order valence-corrected chi connectivity index (χ0v) is 20.3. The van der Waals surface area contributed by atoms with Crippen LogP contribution in [-0.2, 0) is 0 Å². The molecule has 30 heavy (non-hydrogen) atoms. The van der Waals surface area contributed by atoms with Crippen LogP contribution in [0.1, 0.15) is 19.3 Å². The van der Waals surface area contributed by atoms with Crippen molar-refractivity contribution in [2.24, 2.45) is 5.92 Å². The van der Waals surface area contributed by atoms with Gasteiger partial charge in [0.2, 0.25) is 0 Å². The van der Waals surface area contributed by atoms with E-state index in [-0.39, 0.29) is 0 Å². The van der Waals surface area contributed by atoms with Crippen molar-refractivity contribution in [3.8, 4) is 11.3 Å². The highest BCUT2D eigenvalue weighted by molar-refractivity contribution is 9.10. The van der Waals surface area contributed by atoms with Crippen molar-refractivity contribution < 1.29 is 0 Å². The Kier molecular flexibility index (Phi) is 7.57. The van der Waals surface area contributed by atoms with E-state index >= 15 is 0 Å². The van der Waals surface area contributed by atoms with Crippen LogP contribution < -0.4 is 5.32 Å². The van der Waals surface area contributed by atoms with Gasteiger partial charge in [-0.1, -0.05) is 29.8 Å². The normalized spacial score (nSPS) is 17.5. The third-order valence-corrected chi connectivity index (χ3v) is 7.16. The number of nitrogens with one attached hydrogen (secondary N) is 1. The number of piperidine rings is 1. The zero-order chi connectivity index (χ0) is 20.9. The second-order valence-electron chi connectivity index (χ2n) is 7.77. The van der Waals surface area contributed by atoms with Crippen LogP contribution in [0.3, 0.4) is 0 Å². The second-order valence-corrected chi connectivity index (χ2v) is 10.0. The molecule has 3 aromatic rings. The lowest BCUT2D eigenvalue weighted by Gasteiger charge is -2.33. The number of likely N-dealkylation sites (tertiary alicyclic amines) is 1. The minimum absolute atomic E-state index is 0.638. The molecule has 1 aliphatic rings. The Morgan fingerprint density at radius 1 is 1.33 bits per heavy atom. The van der Waals surface area contributed by atoms with Crippen molar-refractivity contribution >= 4 is 50.8 Å². The van der Waals surface area contributed by atoms with Gasteiger partial charge in [0.05, 0.1) is 16.4 Å². The highest BCUT2D eigenvalue weighted by Gasteiger charge is 2.20. The lowest BCUT2D eigenvalue weighted by Crippen LogP contribution is -2.38. The molecule has 0 spiro atoms. The largest absolute Gasteiger partial charge is 0.370 e. The second kappa shape index (κ2) is 10.4. The number of thioether (sulfide) groups is 1. The molecule has 0 aliphatic carbocycles. The van der Waals surface area contributed by atoms with Gasteiger partial charge in [0.15, 0.2) is 5.65 Å². The number of hydrogen-bond acceptors (Lipinski definition) is 5. The molecular weight excluding hydrogens is 482 g/mol. The fraction of sp³-hybridized carbons (Fsp3) is 0.455. The Balaban J connectivity index is 1.52. The zero-order valence-electron chi connectivity index (χ0n) is 17.2. The van der Waals surface area contributed by atoms with Crippen LogP contribution in [0.15, 0.2) is 41.0 Å². The summed E-state index contributed by atoms with van der Waals surface area (Å²) < 4.78 is 2.74. The monoisotopic (exact) mass is 507 g/mol. The van der Waals surface area contributed by atoms with Crippen molar-refractivity contribution in [2.45, 2.75) is 19.3 Å². The Labute approximate surface area is 195 Å². The van der Waals surface area contributed by atoms with E-state index in [0.717, 1.165) is 40.3 Å². The molecule has 5 nitrogen and oxygen atoms in total. The maximum atomic E-state index is 6.44. The molecule has 1 N–H and O–H groups in total. The number of hydrogen-bond donors (Lipinski definition) is 1. The maximum absolute atomic E-state index is 6.44. The summed E-state index contributed by atoms with van der Waals surface area (Å²) in [6, 6.07) is 9.87. The van der Waals surface area contributed by atoms with Crippen LogP contribution in [0.2, 0.25) is 5.02 Å². The summed E-state index contributed by atoms with van der Waals surface area (Å²) in [5.74, 6) is 2.83. The SMILES string of the molecule is CSCCCN1CCCC(CNc2cc(-c3ccccc3Cl)nc3c(Br)cnn23)C1. The quantitative estimate of drug-likeness (QED) is 0.396. The summed E-state index contributed by atoms with van der Waals surface area (Å²) in [5.41, 5.74) is 2.56. The highest BCUT2D eigenvalue weighted by Crippen LogP contribution is 2.30. The van der Waals surface area contributed by atoms with Gasteiger partial charge in [-0.05, 0) is 72.3 Å². The molecule has 160 valence electrons. The number of benzene rings is 1. The molecule has 1 fully saturated rings. The molecule has 1 atom stereocenters. The van der Waals surface area contributed by atoms with E-state index in [1.54, 1.807) is 6.20 Å². The predicted molar refractivity (Wildman–Crippen MR) is 132 cm³/mol. The minimum atomic E-state index is 0.638. The first kappa shape index (κ1) is 21.9. The average molecular weight is 509 g/mol. The first-order valence-corrected chi connectivity index (χ1v) is 13.0. The number of anilines is 1. The molecule has 4 rings (SSSR count). The van der Waals surface area contributed by atoms with E-state index in [9.17, 15) is 0 Å². The lowest BCUT2D eigenvalue weighted by atomic mass is 9.98. The smallest absolute Gasteiger partial charge is 0.172 e. The molecule has 8 heteroatoms. The Bertz CT molecular complexity index is 995. The first-order valence-electron chi connectivity index (χ1n) is 10.4. The average Bonchev–Trinajstić information content (AvgIpc) is 3.14.